The standard InChI is InChI=1S/C16H17N3O2S/c1-9-12(11(3)21-19-9)8-15(20)17-10(2)16-18-13-6-4-5-7-14(13)22-16/h4-7,10H,8H2,1-3H3,(H,17,20). The molecule has 0 saturated heterocycles. The van der Waals surface area contributed by atoms with Gasteiger partial charge in [-0.3, -0.25) is 4.79 Å². The maximum Gasteiger partial charge on any atom is 0.225 e. The molecule has 6 heteroatoms. The van der Waals surface area contributed by atoms with E-state index in [2.05, 4.69) is 15.5 Å². The van der Waals surface area contributed by atoms with Gasteiger partial charge < -0.3 is 9.84 Å². The van der Waals surface area contributed by atoms with Crippen LogP contribution in [0.5, 0.6) is 0 Å². The van der Waals surface area contributed by atoms with Gasteiger partial charge in [-0.15, -0.1) is 11.3 Å². The molecule has 2 aromatic heterocycles. The van der Waals surface area contributed by atoms with Crippen LogP contribution in [0.1, 0.15) is 35.0 Å². The van der Waals surface area contributed by atoms with Gasteiger partial charge in [0, 0.05) is 5.56 Å². The maximum absolute atomic E-state index is 12.2. The average molecular weight is 315 g/mol. The van der Waals surface area contributed by atoms with Crippen LogP contribution in [0, 0.1) is 13.8 Å². The first-order valence-corrected chi connectivity index (χ1v) is 7.93. The molecule has 1 aromatic carbocycles. The van der Waals surface area contributed by atoms with Crippen LogP contribution < -0.4 is 5.32 Å². The Morgan fingerprint density at radius 1 is 1.36 bits per heavy atom. The molecule has 1 N–H and O–H groups in total. The Kier molecular flexibility index (Phi) is 3.94. The van der Waals surface area contributed by atoms with Crippen LogP contribution in [0.4, 0.5) is 0 Å². The van der Waals surface area contributed by atoms with Gasteiger partial charge in [0.05, 0.1) is 28.4 Å². The first-order valence-electron chi connectivity index (χ1n) is 7.11. The van der Waals surface area contributed by atoms with E-state index in [1.54, 1.807) is 11.3 Å². The summed E-state index contributed by atoms with van der Waals surface area (Å²) in [4.78, 5) is 16.8. The second-order valence-electron chi connectivity index (χ2n) is 5.29. The number of fused-ring (bicyclic) bond motifs is 1. The number of thiazole rings is 1. The van der Waals surface area contributed by atoms with Crippen molar-refractivity contribution >= 4 is 27.5 Å². The Labute approximate surface area is 132 Å². The fraction of sp³-hybridized carbons (Fsp3) is 0.312. The van der Waals surface area contributed by atoms with Crippen molar-refractivity contribution in [3.05, 3.63) is 46.3 Å². The smallest absolute Gasteiger partial charge is 0.225 e. The summed E-state index contributed by atoms with van der Waals surface area (Å²) in [7, 11) is 0. The van der Waals surface area contributed by atoms with E-state index in [-0.39, 0.29) is 18.4 Å². The van der Waals surface area contributed by atoms with Crippen molar-refractivity contribution in [2.45, 2.75) is 33.2 Å². The maximum atomic E-state index is 12.2. The largest absolute Gasteiger partial charge is 0.361 e. The van der Waals surface area contributed by atoms with Gasteiger partial charge in [-0.1, -0.05) is 17.3 Å². The van der Waals surface area contributed by atoms with E-state index in [0.29, 0.717) is 5.76 Å². The minimum Gasteiger partial charge on any atom is -0.361 e. The van der Waals surface area contributed by atoms with E-state index in [0.717, 1.165) is 26.5 Å². The minimum atomic E-state index is -0.120. The van der Waals surface area contributed by atoms with Crippen LogP contribution in [0.15, 0.2) is 28.8 Å². The monoisotopic (exact) mass is 315 g/mol. The highest BCUT2D eigenvalue weighted by Gasteiger charge is 2.17. The molecule has 0 radical (unpaired) electrons. The van der Waals surface area contributed by atoms with Gasteiger partial charge in [0.2, 0.25) is 5.91 Å². The Hall–Kier alpha value is -2.21. The minimum absolute atomic E-state index is 0.0545. The fourth-order valence-electron chi connectivity index (χ4n) is 2.34. The summed E-state index contributed by atoms with van der Waals surface area (Å²) in [5.41, 5.74) is 2.59. The van der Waals surface area contributed by atoms with Crippen molar-refractivity contribution in [2.75, 3.05) is 0 Å². The van der Waals surface area contributed by atoms with Crippen LogP contribution >= 0.6 is 11.3 Å². The summed E-state index contributed by atoms with van der Waals surface area (Å²) in [5, 5.41) is 7.77. The van der Waals surface area contributed by atoms with Gasteiger partial charge in [0.15, 0.2) is 0 Å². The highest BCUT2D eigenvalue weighted by atomic mass is 32.1. The Balaban J connectivity index is 1.70. The molecule has 0 aliphatic rings. The van der Waals surface area contributed by atoms with E-state index >= 15 is 0 Å². The van der Waals surface area contributed by atoms with E-state index in [1.807, 2.05) is 45.0 Å². The summed E-state index contributed by atoms with van der Waals surface area (Å²) in [6.07, 6.45) is 0.274. The van der Waals surface area contributed by atoms with Crippen molar-refractivity contribution < 1.29 is 9.32 Å². The number of nitrogens with one attached hydrogen (secondary N) is 1. The molecule has 114 valence electrons. The molecular formula is C16H17N3O2S. The lowest BCUT2D eigenvalue weighted by Gasteiger charge is -2.10. The van der Waals surface area contributed by atoms with Crippen LogP contribution in [-0.4, -0.2) is 16.0 Å². The molecule has 0 fully saturated rings. The van der Waals surface area contributed by atoms with Gasteiger partial charge in [-0.25, -0.2) is 4.98 Å². The number of hydrogen-bond donors (Lipinski definition) is 1. The second kappa shape index (κ2) is 5.88. The molecule has 0 bridgehead atoms. The Bertz CT molecular complexity index is 769. The van der Waals surface area contributed by atoms with Crippen LogP contribution in [0.3, 0.4) is 0 Å². The molecule has 3 aromatic rings. The van der Waals surface area contributed by atoms with Crippen LogP contribution in [0.2, 0.25) is 0 Å². The molecule has 22 heavy (non-hydrogen) atoms. The lowest BCUT2D eigenvalue weighted by atomic mass is 10.1. The summed E-state index contributed by atoms with van der Waals surface area (Å²) in [6.45, 7) is 5.61. The third-order valence-corrected chi connectivity index (χ3v) is 4.80. The number of nitrogens with zero attached hydrogens (tertiary/aromatic N) is 2. The predicted octanol–water partition coefficient (Wildman–Crippen LogP) is 3.32. The van der Waals surface area contributed by atoms with E-state index < -0.39 is 0 Å². The van der Waals surface area contributed by atoms with E-state index in [1.165, 1.54) is 0 Å². The highest BCUT2D eigenvalue weighted by Crippen LogP contribution is 2.26. The van der Waals surface area contributed by atoms with Crippen molar-refractivity contribution in [1.82, 2.24) is 15.5 Å². The topological polar surface area (TPSA) is 68.0 Å². The quantitative estimate of drug-likeness (QED) is 0.802. The zero-order chi connectivity index (χ0) is 15.7. The number of para-hydroxylation sites is 1. The lowest BCUT2D eigenvalue weighted by Crippen LogP contribution is -2.28. The van der Waals surface area contributed by atoms with E-state index in [4.69, 9.17) is 4.52 Å². The molecule has 0 spiro atoms. The van der Waals surface area contributed by atoms with Gasteiger partial charge in [-0.05, 0) is 32.9 Å². The molecule has 0 aliphatic heterocycles. The van der Waals surface area contributed by atoms with Crippen molar-refractivity contribution in [1.29, 1.82) is 0 Å². The molecular weight excluding hydrogens is 298 g/mol. The second-order valence-corrected chi connectivity index (χ2v) is 6.35. The zero-order valence-corrected chi connectivity index (χ0v) is 13.5. The molecule has 1 amide bonds. The number of aryl methyl sites for hydroxylation is 2. The van der Waals surface area contributed by atoms with Crippen LogP contribution in [-0.2, 0) is 11.2 Å². The van der Waals surface area contributed by atoms with Crippen molar-refractivity contribution in [3.8, 4) is 0 Å². The molecule has 2 heterocycles. The molecule has 5 nitrogen and oxygen atoms in total. The summed E-state index contributed by atoms with van der Waals surface area (Å²) >= 11 is 1.60. The Morgan fingerprint density at radius 2 is 2.14 bits per heavy atom. The number of rotatable bonds is 4. The number of hydrogen-bond acceptors (Lipinski definition) is 5. The van der Waals surface area contributed by atoms with Gasteiger partial charge in [-0.2, -0.15) is 0 Å². The van der Waals surface area contributed by atoms with Crippen molar-refractivity contribution in [3.63, 3.8) is 0 Å². The number of aromatic nitrogens is 2. The SMILES string of the molecule is Cc1noc(C)c1CC(=O)NC(C)c1nc2ccccc2s1. The number of carbonyl (C=O) groups excluding carboxylic acids is 1. The molecule has 1 unspecified atom stereocenters. The highest BCUT2D eigenvalue weighted by molar-refractivity contribution is 7.18. The van der Waals surface area contributed by atoms with Gasteiger partial charge in [0.1, 0.15) is 10.8 Å². The molecule has 0 saturated carbocycles. The number of benzene rings is 1. The third kappa shape index (κ3) is 2.87. The van der Waals surface area contributed by atoms with Crippen molar-refractivity contribution in [2.24, 2.45) is 0 Å². The predicted molar refractivity (Wildman–Crippen MR) is 85.9 cm³/mol. The molecule has 3 rings (SSSR count). The van der Waals surface area contributed by atoms with Gasteiger partial charge in [0.25, 0.3) is 0 Å². The van der Waals surface area contributed by atoms with Crippen LogP contribution in [0.25, 0.3) is 10.2 Å². The van der Waals surface area contributed by atoms with Gasteiger partial charge >= 0.3 is 0 Å². The summed E-state index contributed by atoms with van der Waals surface area (Å²) < 4.78 is 6.21. The first-order chi connectivity index (χ1) is 10.5. The summed E-state index contributed by atoms with van der Waals surface area (Å²) in [5.74, 6) is 0.640. The van der Waals surface area contributed by atoms with E-state index in [9.17, 15) is 4.79 Å². The number of amides is 1. The lowest BCUT2D eigenvalue weighted by molar-refractivity contribution is -0.121. The average Bonchev–Trinajstić information content (AvgIpc) is 3.05. The Morgan fingerprint density at radius 3 is 2.82 bits per heavy atom. The summed E-state index contributed by atoms with van der Waals surface area (Å²) in [6, 6.07) is 7.85. The molecule has 1 atom stereocenters. The molecule has 0 aliphatic carbocycles. The normalized spacial score (nSPS) is 12.5. The third-order valence-electron chi connectivity index (χ3n) is 3.58. The number of carbonyl (C=O) groups is 1. The first kappa shape index (κ1) is 14.7. The zero-order valence-electron chi connectivity index (χ0n) is 12.7. The fourth-order valence-corrected chi connectivity index (χ4v) is 3.31.